The molecule has 2 atom stereocenters. The maximum Gasteiger partial charge on any atom is 0.421 e. The van der Waals surface area contributed by atoms with Gasteiger partial charge in [-0.3, -0.25) is 0 Å². The molecule has 1 fully saturated rings. The zero-order valence-corrected chi connectivity index (χ0v) is 21.8. The highest BCUT2D eigenvalue weighted by Gasteiger charge is 2.51. The van der Waals surface area contributed by atoms with Crippen LogP contribution in [-0.2, 0) is 22.0 Å². The van der Waals surface area contributed by atoms with Crippen LogP contribution in [0.15, 0.2) is 82.6 Å². The average molecular weight is 552 g/mol. The summed E-state index contributed by atoms with van der Waals surface area (Å²) in [4.78, 5) is 2.32. The molecule has 0 saturated carbocycles. The Morgan fingerprint density at radius 3 is 2.30 bits per heavy atom. The number of nitrogens with two attached hydrogens (primary N) is 1. The maximum atomic E-state index is 13.5. The monoisotopic (exact) mass is 551 g/mol. The number of halogens is 3. The number of anilines is 2. The number of piperazine rings is 1. The first-order chi connectivity index (χ1) is 17.3. The second kappa shape index (κ2) is 10.2. The Bertz CT molecular complexity index is 1350. The molecular formula is C26H28F3N3O3S2. The fourth-order valence-corrected chi connectivity index (χ4v) is 6.53. The van der Waals surface area contributed by atoms with Gasteiger partial charge in [0, 0.05) is 41.9 Å². The van der Waals surface area contributed by atoms with E-state index in [4.69, 9.17) is 5.73 Å². The number of hydrogen-bond acceptors (Lipinski definition) is 6. The predicted octanol–water partition coefficient (Wildman–Crippen LogP) is 4.45. The number of benzene rings is 3. The minimum absolute atomic E-state index is 0.0291. The molecule has 0 bridgehead atoms. The van der Waals surface area contributed by atoms with Crippen molar-refractivity contribution in [1.29, 1.82) is 0 Å². The lowest BCUT2D eigenvalue weighted by Crippen LogP contribution is -2.55. The number of hydrogen-bond donors (Lipinski definition) is 3. The van der Waals surface area contributed by atoms with E-state index >= 15 is 0 Å². The van der Waals surface area contributed by atoms with Crippen molar-refractivity contribution in [3.05, 3.63) is 83.9 Å². The molecule has 1 aliphatic rings. The van der Waals surface area contributed by atoms with Crippen LogP contribution in [0.4, 0.5) is 24.5 Å². The lowest BCUT2D eigenvalue weighted by Gasteiger charge is -2.42. The molecule has 6 nitrogen and oxygen atoms in total. The molecule has 0 spiro atoms. The quantitative estimate of drug-likeness (QED) is 0.311. The van der Waals surface area contributed by atoms with E-state index < -0.39 is 21.8 Å². The van der Waals surface area contributed by atoms with E-state index in [-0.39, 0.29) is 29.6 Å². The highest BCUT2D eigenvalue weighted by atomic mass is 32.2. The molecular weight excluding hydrogens is 523 g/mol. The second-order valence-corrected chi connectivity index (χ2v) is 11.6. The van der Waals surface area contributed by atoms with Gasteiger partial charge in [0.1, 0.15) is 0 Å². The van der Waals surface area contributed by atoms with Crippen molar-refractivity contribution in [2.45, 2.75) is 41.0 Å². The van der Waals surface area contributed by atoms with Gasteiger partial charge in [0.25, 0.3) is 0 Å². The average Bonchev–Trinajstić information content (AvgIpc) is 2.85. The summed E-state index contributed by atoms with van der Waals surface area (Å²) in [7, 11) is -3.90. The van der Waals surface area contributed by atoms with Crippen LogP contribution in [-0.4, -0.2) is 49.7 Å². The topological polar surface area (TPSA) is 86.9 Å². The standard InChI is InChI=1S/C26H28F3N3O3S2/c1-25(33,26(27,28)29)19-7-10-21(11-8-19)32-14-13-31(17-22(32)15-18-5-3-2-4-6-18)37(34,35)24-16-20(30)9-12-23(24)36/h2-12,16,22,33,36H,13-15,17,30H2,1H3/t22-,25?/m0/s1. The molecule has 3 aromatic carbocycles. The van der Waals surface area contributed by atoms with E-state index in [0.29, 0.717) is 29.2 Å². The summed E-state index contributed by atoms with van der Waals surface area (Å²) in [5, 5.41) is 10.0. The van der Waals surface area contributed by atoms with Gasteiger partial charge in [-0.1, -0.05) is 42.5 Å². The molecule has 0 aliphatic carbocycles. The minimum atomic E-state index is -4.82. The van der Waals surface area contributed by atoms with Crippen LogP contribution in [0.1, 0.15) is 18.1 Å². The van der Waals surface area contributed by atoms with E-state index in [9.17, 15) is 26.7 Å². The Labute approximate surface area is 220 Å². The van der Waals surface area contributed by atoms with E-state index in [1.54, 1.807) is 12.1 Å². The van der Waals surface area contributed by atoms with Gasteiger partial charge >= 0.3 is 6.18 Å². The normalized spacial score (nSPS) is 19.0. The van der Waals surface area contributed by atoms with Crippen LogP contribution in [0.2, 0.25) is 0 Å². The molecule has 198 valence electrons. The largest absolute Gasteiger partial charge is 0.421 e. The van der Waals surface area contributed by atoms with Crippen molar-refractivity contribution in [1.82, 2.24) is 4.31 Å². The van der Waals surface area contributed by atoms with Gasteiger partial charge in [-0.05, 0) is 54.8 Å². The molecule has 3 aromatic rings. The Hall–Kier alpha value is -2.73. The summed E-state index contributed by atoms with van der Waals surface area (Å²) in [6, 6.07) is 19.3. The predicted molar refractivity (Wildman–Crippen MR) is 140 cm³/mol. The van der Waals surface area contributed by atoms with Crippen molar-refractivity contribution in [2.24, 2.45) is 0 Å². The van der Waals surface area contributed by atoms with Crippen molar-refractivity contribution >= 4 is 34.0 Å². The summed E-state index contributed by atoms with van der Waals surface area (Å²) in [5.74, 6) is 0. The summed E-state index contributed by atoms with van der Waals surface area (Å²) in [6.07, 6.45) is -4.31. The van der Waals surface area contributed by atoms with Crippen LogP contribution in [0.25, 0.3) is 0 Å². The van der Waals surface area contributed by atoms with Gasteiger partial charge in [0.05, 0.1) is 4.90 Å². The number of nitrogens with zero attached hydrogens (tertiary/aromatic N) is 2. The van der Waals surface area contributed by atoms with Gasteiger partial charge in [0.15, 0.2) is 5.60 Å². The van der Waals surface area contributed by atoms with Gasteiger partial charge < -0.3 is 15.7 Å². The van der Waals surface area contributed by atoms with Gasteiger partial charge in [-0.15, -0.1) is 12.6 Å². The van der Waals surface area contributed by atoms with Crippen LogP contribution < -0.4 is 10.6 Å². The number of nitrogen functional groups attached to an aromatic ring is 1. The summed E-state index contributed by atoms with van der Waals surface area (Å²) < 4.78 is 68.3. The second-order valence-electron chi connectivity index (χ2n) is 9.24. The Morgan fingerprint density at radius 2 is 1.68 bits per heavy atom. The number of aliphatic hydroxyl groups is 1. The third-order valence-electron chi connectivity index (χ3n) is 6.67. The molecule has 3 N–H and O–H groups in total. The molecule has 0 radical (unpaired) electrons. The fourth-order valence-electron chi connectivity index (χ4n) is 4.46. The van der Waals surface area contributed by atoms with Gasteiger partial charge in [0.2, 0.25) is 10.0 Å². The van der Waals surface area contributed by atoms with Crippen LogP contribution in [0.5, 0.6) is 0 Å². The summed E-state index contributed by atoms with van der Waals surface area (Å²) in [5.41, 5.74) is 4.53. The van der Waals surface area contributed by atoms with E-state index in [0.717, 1.165) is 12.5 Å². The first kappa shape index (κ1) is 27.3. The first-order valence-corrected chi connectivity index (χ1v) is 13.5. The van der Waals surface area contributed by atoms with Crippen molar-refractivity contribution in [3.8, 4) is 0 Å². The number of alkyl halides is 3. The molecule has 37 heavy (non-hydrogen) atoms. The molecule has 4 rings (SSSR count). The number of sulfonamides is 1. The third kappa shape index (κ3) is 5.59. The van der Waals surface area contributed by atoms with E-state index in [1.807, 2.05) is 35.2 Å². The Morgan fingerprint density at radius 1 is 1.03 bits per heavy atom. The van der Waals surface area contributed by atoms with Crippen LogP contribution in [0.3, 0.4) is 0 Å². The lowest BCUT2D eigenvalue weighted by molar-refractivity contribution is -0.258. The van der Waals surface area contributed by atoms with E-state index in [1.165, 1.54) is 34.6 Å². The smallest absolute Gasteiger partial charge is 0.399 e. The summed E-state index contributed by atoms with van der Waals surface area (Å²) in [6.45, 7) is 1.35. The lowest BCUT2D eigenvalue weighted by atomic mass is 9.94. The highest BCUT2D eigenvalue weighted by molar-refractivity contribution is 7.90. The SMILES string of the molecule is CC(O)(c1ccc(N2CCN(S(=O)(=O)c3cc(N)ccc3S)C[C@@H]2Cc2ccccc2)cc1)C(F)(F)F. The minimum Gasteiger partial charge on any atom is -0.399 e. The molecule has 11 heteroatoms. The zero-order chi connectivity index (χ0) is 27.0. The molecule has 1 heterocycles. The summed E-state index contributed by atoms with van der Waals surface area (Å²) >= 11 is 4.32. The maximum absolute atomic E-state index is 13.5. The zero-order valence-electron chi connectivity index (χ0n) is 20.1. The van der Waals surface area contributed by atoms with Gasteiger partial charge in [-0.2, -0.15) is 17.5 Å². The molecule has 1 saturated heterocycles. The number of rotatable bonds is 6. The van der Waals surface area contributed by atoms with Crippen LogP contribution in [0, 0.1) is 0 Å². The van der Waals surface area contributed by atoms with Crippen molar-refractivity contribution in [2.75, 3.05) is 30.3 Å². The van der Waals surface area contributed by atoms with E-state index in [2.05, 4.69) is 12.6 Å². The number of thiol groups is 1. The molecule has 0 aromatic heterocycles. The first-order valence-electron chi connectivity index (χ1n) is 11.6. The third-order valence-corrected chi connectivity index (χ3v) is 9.12. The molecule has 0 amide bonds. The van der Waals surface area contributed by atoms with Crippen LogP contribution >= 0.6 is 12.6 Å². The Kier molecular flexibility index (Phi) is 7.53. The van der Waals surface area contributed by atoms with Crippen molar-refractivity contribution < 1.29 is 26.7 Å². The molecule has 1 aliphatic heterocycles. The highest BCUT2D eigenvalue weighted by Crippen LogP contribution is 2.39. The molecule has 1 unspecified atom stereocenters. The Balaban J connectivity index is 1.65. The van der Waals surface area contributed by atoms with Gasteiger partial charge in [-0.25, -0.2) is 8.42 Å². The van der Waals surface area contributed by atoms with Crippen molar-refractivity contribution in [3.63, 3.8) is 0 Å². The fraction of sp³-hybridized carbons (Fsp3) is 0.308.